The summed E-state index contributed by atoms with van der Waals surface area (Å²) < 4.78 is 32.1. The standard InChI is InChI=1S/C11H13BrN2O3S2/c1-7-9(8(2)17-13-7)6-14(3)19(15,16)11-10(12)4-5-18-11/h4-5H,6H2,1-3H3. The zero-order valence-corrected chi connectivity index (χ0v) is 13.9. The van der Waals surface area contributed by atoms with Crippen LogP contribution in [0.3, 0.4) is 0 Å². The van der Waals surface area contributed by atoms with E-state index >= 15 is 0 Å². The first-order valence-electron chi connectivity index (χ1n) is 5.45. The average Bonchev–Trinajstić information content (AvgIpc) is 2.90. The molecule has 0 aliphatic rings. The Bertz CT molecular complexity index is 671. The summed E-state index contributed by atoms with van der Waals surface area (Å²) in [6, 6.07) is 1.72. The van der Waals surface area contributed by atoms with Crippen LogP contribution < -0.4 is 0 Å². The van der Waals surface area contributed by atoms with E-state index in [9.17, 15) is 8.42 Å². The molecule has 0 aromatic carbocycles. The maximum atomic E-state index is 12.4. The van der Waals surface area contributed by atoms with Gasteiger partial charge in [-0.3, -0.25) is 0 Å². The third-order valence-electron chi connectivity index (χ3n) is 2.79. The van der Waals surface area contributed by atoms with Crippen LogP contribution in [0.25, 0.3) is 0 Å². The lowest BCUT2D eigenvalue weighted by atomic mass is 10.2. The zero-order valence-electron chi connectivity index (χ0n) is 10.7. The molecule has 0 N–H and O–H groups in total. The van der Waals surface area contributed by atoms with E-state index < -0.39 is 10.0 Å². The van der Waals surface area contributed by atoms with Crippen LogP contribution in [0.2, 0.25) is 0 Å². The van der Waals surface area contributed by atoms with Crippen molar-refractivity contribution in [3.8, 4) is 0 Å². The van der Waals surface area contributed by atoms with E-state index in [-0.39, 0.29) is 6.54 Å². The van der Waals surface area contributed by atoms with Gasteiger partial charge in [-0.1, -0.05) is 5.16 Å². The number of aryl methyl sites for hydroxylation is 2. The van der Waals surface area contributed by atoms with E-state index in [4.69, 9.17) is 4.52 Å². The summed E-state index contributed by atoms with van der Waals surface area (Å²) in [6.07, 6.45) is 0. The third-order valence-corrected chi connectivity index (χ3v) is 7.24. The topological polar surface area (TPSA) is 63.4 Å². The Morgan fingerprint density at radius 1 is 1.47 bits per heavy atom. The second-order valence-corrected chi connectivity index (χ2v) is 8.13. The number of sulfonamides is 1. The van der Waals surface area contributed by atoms with Gasteiger partial charge in [-0.2, -0.15) is 4.31 Å². The number of hydrogen-bond acceptors (Lipinski definition) is 5. The summed E-state index contributed by atoms with van der Waals surface area (Å²) in [5, 5.41) is 5.57. The Balaban J connectivity index is 2.30. The molecule has 0 saturated heterocycles. The molecule has 2 aromatic rings. The summed E-state index contributed by atoms with van der Waals surface area (Å²) in [4.78, 5) is 0. The first-order chi connectivity index (χ1) is 8.84. The minimum Gasteiger partial charge on any atom is -0.361 e. The number of rotatable bonds is 4. The quantitative estimate of drug-likeness (QED) is 0.836. The lowest BCUT2D eigenvalue weighted by Crippen LogP contribution is -2.26. The van der Waals surface area contributed by atoms with E-state index in [1.807, 2.05) is 0 Å². The van der Waals surface area contributed by atoms with Crippen LogP contribution in [-0.4, -0.2) is 24.9 Å². The number of halogens is 1. The van der Waals surface area contributed by atoms with E-state index in [1.54, 1.807) is 32.3 Å². The van der Waals surface area contributed by atoms with Crippen molar-refractivity contribution >= 4 is 37.3 Å². The highest BCUT2D eigenvalue weighted by Gasteiger charge is 2.26. The molecule has 19 heavy (non-hydrogen) atoms. The van der Waals surface area contributed by atoms with Crippen molar-refractivity contribution in [3.05, 3.63) is 32.9 Å². The van der Waals surface area contributed by atoms with Crippen LogP contribution >= 0.6 is 27.3 Å². The molecule has 5 nitrogen and oxygen atoms in total. The van der Waals surface area contributed by atoms with Crippen LogP contribution in [-0.2, 0) is 16.6 Å². The summed E-state index contributed by atoms with van der Waals surface area (Å²) in [5.41, 5.74) is 1.52. The van der Waals surface area contributed by atoms with Crippen molar-refractivity contribution < 1.29 is 12.9 Å². The van der Waals surface area contributed by atoms with E-state index in [0.717, 1.165) is 5.56 Å². The van der Waals surface area contributed by atoms with Gasteiger partial charge in [-0.15, -0.1) is 11.3 Å². The SMILES string of the molecule is Cc1noc(C)c1CN(C)S(=O)(=O)c1sccc1Br. The number of aromatic nitrogens is 1. The van der Waals surface area contributed by atoms with Gasteiger partial charge >= 0.3 is 0 Å². The maximum absolute atomic E-state index is 12.4. The summed E-state index contributed by atoms with van der Waals surface area (Å²) in [5.74, 6) is 0.643. The molecule has 0 aliphatic carbocycles. The van der Waals surface area contributed by atoms with Crippen LogP contribution in [0.1, 0.15) is 17.0 Å². The molecule has 0 fully saturated rings. The fourth-order valence-electron chi connectivity index (χ4n) is 1.64. The monoisotopic (exact) mass is 364 g/mol. The Hall–Kier alpha value is -0.700. The van der Waals surface area contributed by atoms with Crippen molar-refractivity contribution in [3.63, 3.8) is 0 Å². The highest BCUT2D eigenvalue weighted by molar-refractivity contribution is 9.10. The van der Waals surface area contributed by atoms with Crippen LogP contribution in [0, 0.1) is 13.8 Å². The van der Waals surface area contributed by atoms with Crippen molar-refractivity contribution in [2.24, 2.45) is 0 Å². The van der Waals surface area contributed by atoms with Gasteiger partial charge in [0.25, 0.3) is 10.0 Å². The van der Waals surface area contributed by atoms with Gasteiger partial charge in [0.2, 0.25) is 0 Å². The van der Waals surface area contributed by atoms with Gasteiger partial charge in [-0.25, -0.2) is 8.42 Å². The molecular formula is C11H13BrN2O3S2. The van der Waals surface area contributed by atoms with Crippen LogP contribution in [0.4, 0.5) is 0 Å². The Labute approximate surface area is 124 Å². The van der Waals surface area contributed by atoms with Gasteiger partial charge in [-0.05, 0) is 41.2 Å². The molecule has 0 radical (unpaired) electrons. The second kappa shape index (κ2) is 5.35. The molecule has 0 spiro atoms. The Kier molecular flexibility index (Phi) is 4.14. The minimum atomic E-state index is -3.50. The van der Waals surface area contributed by atoms with Gasteiger partial charge in [0.1, 0.15) is 9.97 Å². The highest BCUT2D eigenvalue weighted by Crippen LogP contribution is 2.30. The zero-order chi connectivity index (χ0) is 14.2. The van der Waals surface area contributed by atoms with E-state index in [2.05, 4.69) is 21.1 Å². The van der Waals surface area contributed by atoms with Crippen molar-refractivity contribution in [2.75, 3.05) is 7.05 Å². The van der Waals surface area contributed by atoms with Gasteiger partial charge in [0, 0.05) is 23.6 Å². The lowest BCUT2D eigenvalue weighted by molar-refractivity contribution is 0.390. The van der Waals surface area contributed by atoms with Crippen molar-refractivity contribution in [2.45, 2.75) is 24.6 Å². The molecule has 104 valence electrons. The molecular weight excluding hydrogens is 352 g/mol. The molecule has 0 amide bonds. The molecule has 0 atom stereocenters. The number of hydrogen-bond donors (Lipinski definition) is 0. The lowest BCUT2D eigenvalue weighted by Gasteiger charge is -2.16. The Morgan fingerprint density at radius 3 is 2.63 bits per heavy atom. The van der Waals surface area contributed by atoms with Crippen molar-refractivity contribution in [1.82, 2.24) is 9.46 Å². The number of nitrogens with zero attached hydrogens (tertiary/aromatic N) is 2. The first-order valence-corrected chi connectivity index (χ1v) is 8.56. The third kappa shape index (κ3) is 2.76. The fraction of sp³-hybridized carbons (Fsp3) is 0.364. The van der Waals surface area contributed by atoms with E-state index in [0.29, 0.717) is 20.1 Å². The highest BCUT2D eigenvalue weighted by atomic mass is 79.9. The van der Waals surface area contributed by atoms with Gasteiger partial charge < -0.3 is 4.52 Å². The van der Waals surface area contributed by atoms with Gasteiger partial charge in [0.05, 0.1) is 5.69 Å². The molecule has 2 heterocycles. The minimum absolute atomic E-state index is 0.244. The van der Waals surface area contributed by atoms with Gasteiger partial charge in [0.15, 0.2) is 0 Å². The maximum Gasteiger partial charge on any atom is 0.253 e. The molecule has 2 rings (SSSR count). The molecule has 0 unspecified atom stereocenters. The van der Waals surface area contributed by atoms with Crippen LogP contribution in [0.5, 0.6) is 0 Å². The van der Waals surface area contributed by atoms with E-state index in [1.165, 1.54) is 15.6 Å². The fourth-order valence-corrected chi connectivity index (χ4v) is 5.28. The average molecular weight is 365 g/mol. The molecule has 0 bridgehead atoms. The summed E-state index contributed by atoms with van der Waals surface area (Å²) in [6.45, 7) is 3.82. The molecule has 0 aliphatic heterocycles. The van der Waals surface area contributed by atoms with Crippen molar-refractivity contribution in [1.29, 1.82) is 0 Å². The molecule has 0 saturated carbocycles. The predicted molar refractivity (Wildman–Crippen MR) is 76.6 cm³/mol. The normalized spacial score (nSPS) is 12.3. The molecule has 8 heteroatoms. The van der Waals surface area contributed by atoms with Crippen LogP contribution in [0.15, 0.2) is 24.7 Å². The first kappa shape index (κ1) is 14.7. The Morgan fingerprint density at radius 2 is 2.16 bits per heavy atom. The smallest absolute Gasteiger partial charge is 0.253 e. The summed E-state index contributed by atoms with van der Waals surface area (Å²) >= 11 is 4.44. The predicted octanol–water partition coefficient (Wildman–Crippen LogP) is 2.94. The molecule has 2 aromatic heterocycles. The number of thiophene rings is 1. The summed E-state index contributed by atoms with van der Waals surface area (Å²) in [7, 11) is -1.95. The second-order valence-electron chi connectivity index (χ2n) is 4.12. The largest absolute Gasteiger partial charge is 0.361 e.